The van der Waals surface area contributed by atoms with Gasteiger partial charge in [-0.15, -0.1) is 22.4 Å². The maximum Gasteiger partial charge on any atom is 0.361 e. The first kappa shape index (κ1) is 9.94. The van der Waals surface area contributed by atoms with E-state index in [4.69, 9.17) is 4.65 Å². The molecule has 0 aromatic heterocycles. The third-order valence-electron chi connectivity index (χ3n) is 0.325. The van der Waals surface area contributed by atoms with Crippen LogP contribution in [-0.2, 0) is 4.65 Å². The fourth-order valence-electron chi connectivity index (χ4n) is 0. The summed E-state index contributed by atoms with van der Waals surface area (Å²) in [6.45, 7) is 1.99. The number of hydrogen-bond acceptors (Lipinski definition) is 1. The molecule has 0 saturated heterocycles. The second-order valence-corrected chi connectivity index (χ2v) is 2.53. The van der Waals surface area contributed by atoms with Crippen LogP contribution in [0.2, 0.25) is 6.82 Å². The van der Waals surface area contributed by atoms with Gasteiger partial charge in [-0.25, -0.2) is 0 Å². The molecular weight excluding hydrogens is 189 g/mol. The Morgan fingerprint density at radius 1 is 1.67 bits per heavy atom. The fraction of sp³-hybridized carbons (Fsp3) is 1.00. The molecule has 4 heteroatoms. The average Bonchev–Trinajstić information content (AvgIpc) is 1.38. The van der Waals surface area contributed by atoms with E-state index in [0.717, 1.165) is 0 Å². The van der Waals surface area contributed by atoms with Crippen molar-refractivity contribution in [1.82, 2.24) is 0 Å². The van der Waals surface area contributed by atoms with E-state index in [1.807, 2.05) is 6.82 Å². The molecule has 0 atom stereocenters. The minimum atomic E-state index is 0. The van der Waals surface area contributed by atoms with Gasteiger partial charge in [-0.3, -0.25) is 0 Å². The smallest absolute Gasteiger partial charge is 0.361 e. The van der Waals surface area contributed by atoms with Gasteiger partial charge in [-0.2, -0.15) is 0 Å². The predicted molar refractivity (Wildman–Crippen MR) is 42.6 cm³/mol. The zero-order valence-electron chi connectivity index (χ0n) is 3.36. The second-order valence-electron chi connectivity index (χ2n) is 0.779. The van der Waals surface area contributed by atoms with Crippen LogP contribution in [0.25, 0.3) is 0 Å². The van der Waals surface area contributed by atoms with E-state index in [-0.39, 0.29) is 8.41 Å². The normalized spacial score (nSPS) is 6.50. The van der Waals surface area contributed by atoms with Crippen LogP contribution < -0.4 is 0 Å². The number of halogens is 1. The highest BCUT2D eigenvalue weighted by Gasteiger charge is 1.92. The third-order valence-corrected chi connectivity index (χ3v) is 0.833. The Labute approximate surface area is 54.4 Å². The molecule has 0 rings (SSSR count). The molecule has 36 valence electrons. The molecule has 0 aromatic carbocycles. The summed E-state index contributed by atoms with van der Waals surface area (Å²) in [7, 11) is 1.69. The molecule has 0 unspecified atom stereocenters. The van der Waals surface area contributed by atoms with Crippen LogP contribution in [0.3, 0.4) is 0 Å². The van der Waals surface area contributed by atoms with Gasteiger partial charge < -0.3 is 4.65 Å². The summed E-state index contributed by atoms with van der Waals surface area (Å²) in [5, 5.41) is 0. The van der Waals surface area contributed by atoms with Gasteiger partial charge in [0.05, 0.1) is 8.41 Å². The third kappa shape index (κ3) is 8.84. The van der Waals surface area contributed by atoms with Gasteiger partial charge in [0.2, 0.25) is 0 Å². The van der Waals surface area contributed by atoms with E-state index < -0.39 is 0 Å². The van der Waals surface area contributed by atoms with Crippen LogP contribution in [-0.4, -0.2) is 20.3 Å². The fourth-order valence-corrected chi connectivity index (χ4v) is 0. The van der Waals surface area contributed by atoms with Crippen molar-refractivity contribution in [1.29, 1.82) is 0 Å². The van der Waals surface area contributed by atoms with Crippen LogP contribution in [0.1, 0.15) is 0 Å². The van der Waals surface area contributed by atoms with Crippen molar-refractivity contribution in [2.75, 3.05) is 7.11 Å². The zero-order valence-corrected chi connectivity index (χ0v) is 5.52. The molecule has 6 heavy (non-hydrogen) atoms. The summed E-state index contributed by atoms with van der Waals surface area (Å²) in [4.78, 5) is 0. The van der Waals surface area contributed by atoms with Gasteiger partial charge >= 0.3 is 4.77 Å². The summed E-state index contributed by atoms with van der Waals surface area (Å²) in [6.07, 6.45) is 0. The summed E-state index contributed by atoms with van der Waals surface area (Å²) in [6, 6.07) is 0. The van der Waals surface area contributed by atoms with Crippen LogP contribution in [0.4, 0.5) is 0 Å². The summed E-state index contributed by atoms with van der Waals surface area (Å²) in [5.41, 5.74) is 0. The molecule has 1 nitrogen and oxygen atoms in total. The van der Waals surface area contributed by atoms with Gasteiger partial charge in [-0.05, 0) is 6.82 Å². The van der Waals surface area contributed by atoms with Crippen molar-refractivity contribution in [3.63, 3.8) is 0 Å². The number of hydrogen-bond donors (Lipinski definition) is 0. The minimum absolute atomic E-state index is 0. The summed E-state index contributed by atoms with van der Waals surface area (Å²) >= 11 is 2.18. The van der Waals surface area contributed by atoms with Gasteiger partial charge in [0.1, 0.15) is 0 Å². The Balaban J connectivity index is 0. The lowest BCUT2D eigenvalue weighted by molar-refractivity contribution is 0.444. The first-order chi connectivity index (χ1) is 2.27. The van der Waals surface area contributed by atoms with Gasteiger partial charge in [0.15, 0.2) is 0 Å². The molecule has 0 fully saturated rings. The molecule has 0 bridgehead atoms. The molecule has 0 aromatic rings. The van der Waals surface area contributed by atoms with Crippen molar-refractivity contribution in [3.05, 3.63) is 0 Å². The van der Waals surface area contributed by atoms with E-state index in [2.05, 4.69) is 22.4 Å². The highest BCUT2D eigenvalue weighted by atomic mass is 127. The average molecular weight is 198 g/mol. The maximum atomic E-state index is 4.74. The Kier molecular flexibility index (Phi) is 9.64. The van der Waals surface area contributed by atoms with Gasteiger partial charge in [0.25, 0.3) is 0 Å². The lowest BCUT2D eigenvalue weighted by atomic mass is 10.1. The molecule has 0 aliphatic rings. The van der Waals surface area contributed by atoms with E-state index in [0.29, 0.717) is 4.77 Å². The van der Waals surface area contributed by atoms with Crippen LogP contribution >= 0.6 is 22.4 Å². The Bertz CT molecular complexity index is 25.5. The first-order valence-electron chi connectivity index (χ1n) is 1.44. The van der Waals surface area contributed by atoms with Crippen LogP contribution in [0, 0.1) is 0 Å². The summed E-state index contributed by atoms with van der Waals surface area (Å²) < 4.78 is 5.09. The Hall–Kier alpha value is 0.820. The molecule has 0 radical (unpaired) electrons. The molecule has 0 aliphatic carbocycles. The molecular formula is C2H9B2IO. The van der Waals surface area contributed by atoms with E-state index in [9.17, 15) is 0 Å². The van der Waals surface area contributed by atoms with E-state index in [1.165, 1.54) is 0 Å². The predicted octanol–water partition coefficient (Wildman–Crippen LogP) is 0.00190. The number of rotatable bonds is 1. The molecule has 0 aliphatic heterocycles. The van der Waals surface area contributed by atoms with Crippen molar-refractivity contribution >= 4 is 35.6 Å². The minimum Gasteiger partial charge on any atom is -0.429 e. The lowest BCUT2D eigenvalue weighted by Gasteiger charge is -1.86. The molecule has 0 saturated carbocycles. The SMILES string of the molecule is B.COB(C)I. The Morgan fingerprint density at radius 3 is 1.83 bits per heavy atom. The van der Waals surface area contributed by atoms with E-state index in [1.54, 1.807) is 7.11 Å². The second kappa shape index (κ2) is 5.82. The largest absolute Gasteiger partial charge is 0.429 e. The highest BCUT2D eigenvalue weighted by Crippen LogP contribution is 1.89. The molecule has 0 amide bonds. The lowest BCUT2D eigenvalue weighted by Crippen LogP contribution is -1.95. The zero-order chi connectivity index (χ0) is 4.28. The van der Waals surface area contributed by atoms with Crippen molar-refractivity contribution in [2.24, 2.45) is 0 Å². The van der Waals surface area contributed by atoms with Gasteiger partial charge in [0, 0.05) is 7.11 Å². The summed E-state index contributed by atoms with van der Waals surface area (Å²) in [5.74, 6) is 0. The first-order valence-corrected chi connectivity index (χ1v) is 2.69. The van der Waals surface area contributed by atoms with E-state index >= 15 is 0 Å². The van der Waals surface area contributed by atoms with Gasteiger partial charge in [-0.1, -0.05) is 0 Å². The molecule has 0 N–H and O–H groups in total. The monoisotopic (exact) mass is 198 g/mol. The maximum absolute atomic E-state index is 4.74. The van der Waals surface area contributed by atoms with Crippen LogP contribution in [0.5, 0.6) is 0 Å². The van der Waals surface area contributed by atoms with Crippen molar-refractivity contribution in [2.45, 2.75) is 6.82 Å². The molecule has 0 heterocycles. The van der Waals surface area contributed by atoms with Crippen LogP contribution in [0.15, 0.2) is 0 Å². The molecule has 0 spiro atoms. The topological polar surface area (TPSA) is 9.23 Å². The quantitative estimate of drug-likeness (QED) is 0.425. The highest BCUT2D eigenvalue weighted by molar-refractivity contribution is 14.1. The Morgan fingerprint density at radius 2 is 1.83 bits per heavy atom. The van der Waals surface area contributed by atoms with Crippen molar-refractivity contribution < 1.29 is 4.65 Å². The van der Waals surface area contributed by atoms with Crippen molar-refractivity contribution in [3.8, 4) is 0 Å². The standard InChI is InChI=1S/C2H6BIO.BH3/c1-3(4)5-2;/h1-2H3;1H3.